The van der Waals surface area contributed by atoms with E-state index in [0.29, 0.717) is 12.1 Å². The molecule has 5 nitrogen and oxygen atoms in total. The van der Waals surface area contributed by atoms with Gasteiger partial charge >= 0.3 is 0 Å². The first-order valence-corrected chi connectivity index (χ1v) is 11.5. The molecule has 0 spiro atoms. The summed E-state index contributed by atoms with van der Waals surface area (Å²) in [5, 5.41) is 3.51. The molecule has 0 amide bonds. The molecule has 0 unspecified atom stereocenters. The number of hydrogen-bond acceptors (Lipinski definition) is 4. The lowest BCUT2D eigenvalue weighted by atomic mass is 9.87. The average Bonchev–Trinajstić information content (AvgIpc) is 3.13. The van der Waals surface area contributed by atoms with E-state index in [-0.39, 0.29) is 0 Å². The van der Waals surface area contributed by atoms with Crippen molar-refractivity contribution in [3.8, 4) is 0 Å². The summed E-state index contributed by atoms with van der Waals surface area (Å²) in [5.74, 6) is 0.743. The molecular formula is C25H33N5. The number of hydrogen-bond donors (Lipinski definition) is 1. The molecule has 0 bridgehead atoms. The molecule has 0 saturated carbocycles. The Labute approximate surface area is 179 Å². The van der Waals surface area contributed by atoms with Gasteiger partial charge in [0.1, 0.15) is 5.65 Å². The highest BCUT2D eigenvalue weighted by atomic mass is 15.2. The van der Waals surface area contributed by atoms with Gasteiger partial charge < -0.3 is 9.72 Å². The van der Waals surface area contributed by atoms with Crippen molar-refractivity contribution in [3.05, 3.63) is 65.4 Å². The number of imidazole rings is 1. The van der Waals surface area contributed by atoms with Crippen LogP contribution in [0.2, 0.25) is 0 Å². The molecule has 2 aliphatic rings. The molecule has 0 aromatic carbocycles. The number of fused-ring (bicyclic) bond motifs is 1. The first-order chi connectivity index (χ1) is 14.7. The molecule has 2 atom stereocenters. The van der Waals surface area contributed by atoms with Gasteiger partial charge in [0.05, 0.1) is 23.5 Å². The third kappa shape index (κ3) is 3.65. The average molecular weight is 404 g/mol. The van der Waals surface area contributed by atoms with Gasteiger partial charge in [0.2, 0.25) is 0 Å². The van der Waals surface area contributed by atoms with Crippen LogP contribution in [-0.4, -0.2) is 39.4 Å². The van der Waals surface area contributed by atoms with E-state index in [4.69, 9.17) is 9.97 Å². The number of rotatable bonds is 4. The lowest BCUT2D eigenvalue weighted by Crippen LogP contribution is -2.35. The van der Waals surface area contributed by atoms with Crippen LogP contribution in [-0.2, 0) is 6.42 Å². The fourth-order valence-electron chi connectivity index (χ4n) is 5.53. The third-order valence-electron chi connectivity index (χ3n) is 7.22. The first kappa shape index (κ1) is 19.7. The molecule has 0 radical (unpaired) electrons. The van der Waals surface area contributed by atoms with Gasteiger partial charge in [-0.1, -0.05) is 12.1 Å². The van der Waals surface area contributed by atoms with Gasteiger partial charge in [0.15, 0.2) is 0 Å². The largest absolute Gasteiger partial charge is 0.317 e. The molecule has 2 saturated heterocycles. The maximum Gasteiger partial charge on any atom is 0.137 e. The van der Waals surface area contributed by atoms with Crippen molar-refractivity contribution in [2.24, 2.45) is 5.92 Å². The van der Waals surface area contributed by atoms with Crippen LogP contribution in [0.4, 0.5) is 0 Å². The van der Waals surface area contributed by atoms with E-state index in [9.17, 15) is 0 Å². The summed E-state index contributed by atoms with van der Waals surface area (Å²) < 4.78 is 2.35. The Bertz CT molecular complexity index is 1000. The highest BCUT2D eigenvalue weighted by Crippen LogP contribution is 2.41. The van der Waals surface area contributed by atoms with Crippen molar-refractivity contribution in [2.75, 3.05) is 20.1 Å². The monoisotopic (exact) mass is 403 g/mol. The van der Waals surface area contributed by atoms with Crippen molar-refractivity contribution in [1.82, 2.24) is 24.6 Å². The van der Waals surface area contributed by atoms with Gasteiger partial charge in [-0.3, -0.25) is 9.88 Å². The Balaban J connectivity index is 1.51. The van der Waals surface area contributed by atoms with E-state index in [1.54, 1.807) is 0 Å². The fraction of sp³-hybridized carbons (Fsp3) is 0.520. The van der Waals surface area contributed by atoms with Crippen LogP contribution < -0.4 is 5.32 Å². The number of aromatic nitrogens is 3. The summed E-state index contributed by atoms with van der Waals surface area (Å²) in [6.07, 6.45) is 11.3. The maximum absolute atomic E-state index is 5.19. The predicted molar refractivity (Wildman–Crippen MR) is 121 cm³/mol. The zero-order chi connectivity index (χ0) is 20.5. The minimum Gasteiger partial charge on any atom is -0.317 e. The van der Waals surface area contributed by atoms with Crippen LogP contribution >= 0.6 is 0 Å². The normalized spacial score (nSPS) is 23.8. The van der Waals surface area contributed by atoms with E-state index in [1.165, 1.54) is 54.7 Å². The number of nitrogens with zero attached hydrogens (tertiary/aromatic N) is 4. The molecule has 3 aromatic rings. The minimum atomic E-state index is 0.349. The van der Waals surface area contributed by atoms with Crippen molar-refractivity contribution in [1.29, 1.82) is 0 Å². The second-order valence-corrected chi connectivity index (χ2v) is 9.10. The highest BCUT2D eigenvalue weighted by molar-refractivity contribution is 5.44. The molecule has 158 valence electrons. The maximum atomic E-state index is 5.19. The molecule has 2 fully saturated rings. The predicted octanol–water partition coefficient (Wildman–Crippen LogP) is 4.48. The summed E-state index contributed by atoms with van der Waals surface area (Å²) in [5.41, 5.74) is 6.32. The van der Waals surface area contributed by atoms with E-state index < -0.39 is 0 Å². The Morgan fingerprint density at radius 1 is 1.00 bits per heavy atom. The van der Waals surface area contributed by atoms with E-state index >= 15 is 0 Å². The number of pyridine rings is 2. The lowest BCUT2D eigenvalue weighted by Gasteiger charge is -2.39. The molecule has 1 N–H and O–H groups in total. The fourth-order valence-corrected chi connectivity index (χ4v) is 5.53. The van der Waals surface area contributed by atoms with Crippen molar-refractivity contribution < 1.29 is 0 Å². The zero-order valence-corrected chi connectivity index (χ0v) is 18.2. The smallest absolute Gasteiger partial charge is 0.137 e. The number of aryl methyl sites for hydroxylation is 1. The molecule has 3 aromatic heterocycles. The van der Waals surface area contributed by atoms with Crippen LogP contribution in [0.15, 0.2) is 42.7 Å². The van der Waals surface area contributed by atoms with Gasteiger partial charge in [0, 0.05) is 18.1 Å². The van der Waals surface area contributed by atoms with Gasteiger partial charge in [0.25, 0.3) is 0 Å². The van der Waals surface area contributed by atoms with E-state index in [1.807, 2.05) is 12.3 Å². The van der Waals surface area contributed by atoms with Crippen molar-refractivity contribution in [3.63, 3.8) is 0 Å². The Kier molecular flexibility index (Phi) is 5.57. The molecule has 5 heterocycles. The zero-order valence-electron chi connectivity index (χ0n) is 18.2. The standard InChI is InChI=1S/C25H33N5/c1-18-7-6-13-27-24(18)20-8-5-9-21(29(20)2)25-22(17-19-11-14-26-15-12-19)30-16-4-3-10-23(30)28-25/h3-4,6-7,10,13,16,19-21,26H,5,8-9,11-12,14-15,17H2,1-2H3/t20-,21+/m0/s1. The summed E-state index contributed by atoms with van der Waals surface area (Å²) >= 11 is 0. The topological polar surface area (TPSA) is 45.5 Å². The summed E-state index contributed by atoms with van der Waals surface area (Å²) in [4.78, 5) is 12.5. The SMILES string of the molecule is Cc1cccnc1[C@@H]1CCC[C@H](c2nc3ccccn3c2CC2CCNCC2)N1C. The Hall–Kier alpha value is -2.24. The van der Waals surface area contributed by atoms with Crippen LogP contribution in [0, 0.1) is 12.8 Å². The van der Waals surface area contributed by atoms with Crippen LogP contribution in [0.1, 0.15) is 66.8 Å². The highest BCUT2D eigenvalue weighted by Gasteiger charge is 2.34. The van der Waals surface area contributed by atoms with Gasteiger partial charge in [-0.05, 0) is 95.3 Å². The van der Waals surface area contributed by atoms with Crippen LogP contribution in [0.5, 0.6) is 0 Å². The second-order valence-electron chi connectivity index (χ2n) is 9.10. The Morgan fingerprint density at radius 3 is 2.60 bits per heavy atom. The molecule has 30 heavy (non-hydrogen) atoms. The second kappa shape index (κ2) is 8.48. The lowest BCUT2D eigenvalue weighted by molar-refractivity contribution is 0.108. The molecule has 0 aliphatic carbocycles. The minimum absolute atomic E-state index is 0.349. The molecular weight excluding hydrogens is 370 g/mol. The number of nitrogens with one attached hydrogen (secondary N) is 1. The Morgan fingerprint density at radius 2 is 1.80 bits per heavy atom. The molecule has 2 aliphatic heterocycles. The van der Waals surface area contributed by atoms with Gasteiger partial charge in [-0.25, -0.2) is 4.98 Å². The van der Waals surface area contributed by atoms with E-state index in [2.05, 4.69) is 59.1 Å². The summed E-state index contributed by atoms with van der Waals surface area (Å²) in [6, 6.07) is 11.3. The quantitative estimate of drug-likeness (QED) is 0.698. The van der Waals surface area contributed by atoms with Crippen LogP contribution in [0.3, 0.4) is 0 Å². The molecule has 5 rings (SSSR count). The van der Waals surface area contributed by atoms with E-state index in [0.717, 1.165) is 31.1 Å². The third-order valence-corrected chi connectivity index (χ3v) is 7.22. The first-order valence-electron chi connectivity index (χ1n) is 11.5. The van der Waals surface area contributed by atoms with Crippen molar-refractivity contribution >= 4 is 5.65 Å². The molecule has 5 heteroatoms. The van der Waals surface area contributed by atoms with Gasteiger partial charge in [-0.15, -0.1) is 0 Å². The summed E-state index contributed by atoms with van der Waals surface area (Å²) in [7, 11) is 2.28. The van der Waals surface area contributed by atoms with Gasteiger partial charge in [-0.2, -0.15) is 0 Å². The van der Waals surface area contributed by atoms with Crippen LogP contribution in [0.25, 0.3) is 5.65 Å². The van der Waals surface area contributed by atoms with Crippen molar-refractivity contribution in [2.45, 2.75) is 57.5 Å². The summed E-state index contributed by atoms with van der Waals surface area (Å²) in [6.45, 7) is 4.47. The number of piperidine rings is 2. The number of likely N-dealkylation sites (tertiary alicyclic amines) is 1.